The zero-order valence-corrected chi connectivity index (χ0v) is 16.5. The highest BCUT2D eigenvalue weighted by Gasteiger charge is 2.30. The molecule has 2 atom stereocenters. The number of likely N-dealkylation sites (tertiary alicyclic amines) is 1. The molecule has 0 unspecified atom stereocenters. The zero-order valence-electron chi connectivity index (χ0n) is 15.6. The summed E-state index contributed by atoms with van der Waals surface area (Å²) in [6.45, 7) is 5.50. The Morgan fingerprint density at radius 3 is 2.96 bits per heavy atom. The molecule has 1 aliphatic rings. The van der Waals surface area contributed by atoms with E-state index in [0.29, 0.717) is 12.5 Å². The van der Waals surface area contributed by atoms with Gasteiger partial charge in [-0.2, -0.15) is 0 Å². The van der Waals surface area contributed by atoms with E-state index < -0.39 is 0 Å². The fourth-order valence-corrected chi connectivity index (χ4v) is 4.11. The Hall–Kier alpha value is -1.98. The number of nitrogens with zero attached hydrogens (tertiary/aromatic N) is 2. The van der Waals surface area contributed by atoms with Gasteiger partial charge >= 0.3 is 0 Å². The molecule has 1 amide bonds. The van der Waals surface area contributed by atoms with Crippen LogP contribution in [-0.2, 0) is 16.0 Å². The SMILES string of the molecule is CO[C@H]1CN(C(=O)/C=C/c2csc(C)n2)CC[C@@H]1Cc1cccc(C)c1. The summed E-state index contributed by atoms with van der Waals surface area (Å²) in [6.07, 6.45) is 5.45. The average molecular weight is 371 g/mol. The Kier molecular flexibility index (Phi) is 6.22. The van der Waals surface area contributed by atoms with Crippen LogP contribution in [0.4, 0.5) is 0 Å². The molecule has 26 heavy (non-hydrogen) atoms. The number of methoxy groups -OCH3 is 1. The number of aryl methyl sites for hydroxylation is 2. The molecular weight excluding hydrogens is 344 g/mol. The van der Waals surface area contributed by atoms with E-state index in [1.807, 2.05) is 17.2 Å². The summed E-state index contributed by atoms with van der Waals surface area (Å²) in [6, 6.07) is 8.64. The maximum absolute atomic E-state index is 12.5. The van der Waals surface area contributed by atoms with Crippen LogP contribution in [0, 0.1) is 19.8 Å². The van der Waals surface area contributed by atoms with E-state index in [0.717, 1.165) is 30.1 Å². The Labute approximate surface area is 159 Å². The van der Waals surface area contributed by atoms with Crippen molar-refractivity contribution >= 4 is 23.3 Å². The minimum Gasteiger partial charge on any atom is -0.379 e. The van der Waals surface area contributed by atoms with Crippen LogP contribution in [0.5, 0.6) is 0 Å². The maximum Gasteiger partial charge on any atom is 0.246 e. The highest BCUT2D eigenvalue weighted by atomic mass is 32.1. The van der Waals surface area contributed by atoms with Gasteiger partial charge in [0.25, 0.3) is 0 Å². The number of piperidine rings is 1. The number of ether oxygens (including phenoxy) is 1. The number of aromatic nitrogens is 1. The van der Waals surface area contributed by atoms with E-state index in [9.17, 15) is 4.79 Å². The monoisotopic (exact) mass is 370 g/mol. The topological polar surface area (TPSA) is 42.4 Å². The lowest BCUT2D eigenvalue weighted by molar-refractivity contribution is -0.131. The molecule has 0 spiro atoms. The Bertz CT molecular complexity index is 784. The van der Waals surface area contributed by atoms with Gasteiger partial charge in [-0.1, -0.05) is 29.8 Å². The summed E-state index contributed by atoms with van der Waals surface area (Å²) in [5.41, 5.74) is 3.47. The smallest absolute Gasteiger partial charge is 0.246 e. The molecule has 0 aliphatic carbocycles. The van der Waals surface area contributed by atoms with Gasteiger partial charge in [-0.05, 0) is 44.2 Å². The lowest BCUT2D eigenvalue weighted by Gasteiger charge is -2.37. The van der Waals surface area contributed by atoms with E-state index >= 15 is 0 Å². The van der Waals surface area contributed by atoms with Crippen molar-refractivity contribution in [3.8, 4) is 0 Å². The van der Waals surface area contributed by atoms with E-state index in [-0.39, 0.29) is 12.0 Å². The lowest BCUT2D eigenvalue weighted by Crippen LogP contribution is -2.47. The number of carbonyl (C=O) groups is 1. The van der Waals surface area contributed by atoms with E-state index in [4.69, 9.17) is 4.74 Å². The summed E-state index contributed by atoms with van der Waals surface area (Å²) >= 11 is 1.59. The minimum absolute atomic E-state index is 0.0340. The molecule has 0 bridgehead atoms. The van der Waals surface area contributed by atoms with Crippen molar-refractivity contribution in [3.63, 3.8) is 0 Å². The fraction of sp³-hybridized carbons (Fsp3) is 0.429. The van der Waals surface area contributed by atoms with Crippen molar-refractivity contribution in [2.24, 2.45) is 5.92 Å². The van der Waals surface area contributed by atoms with Gasteiger partial charge in [0, 0.05) is 31.7 Å². The van der Waals surface area contributed by atoms with Crippen molar-refractivity contribution in [1.29, 1.82) is 0 Å². The number of benzene rings is 1. The predicted octanol–water partition coefficient (Wildman–Crippen LogP) is 3.88. The fourth-order valence-electron chi connectivity index (χ4n) is 3.53. The molecule has 4 nitrogen and oxygen atoms in total. The van der Waals surface area contributed by atoms with Gasteiger partial charge in [0.15, 0.2) is 0 Å². The van der Waals surface area contributed by atoms with Gasteiger partial charge in [-0.3, -0.25) is 4.79 Å². The molecule has 3 rings (SSSR count). The van der Waals surface area contributed by atoms with Crippen LogP contribution < -0.4 is 0 Å². The second-order valence-electron chi connectivity index (χ2n) is 6.93. The third-order valence-electron chi connectivity index (χ3n) is 4.92. The second-order valence-corrected chi connectivity index (χ2v) is 7.99. The van der Waals surface area contributed by atoms with Crippen LogP contribution in [0.2, 0.25) is 0 Å². The molecule has 0 radical (unpaired) electrons. The lowest BCUT2D eigenvalue weighted by atomic mass is 9.87. The normalized spacial score (nSPS) is 20.7. The molecule has 0 saturated carbocycles. The first kappa shape index (κ1) is 18.8. The van der Waals surface area contributed by atoms with Gasteiger partial charge < -0.3 is 9.64 Å². The van der Waals surface area contributed by atoms with Gasteiger partial charge in [0.2, 0.25) is 5.91 Å². The Morgan fingerprint density at radius 2 is 2.27 bits per heavy atom. The van der Waals surface area contributed by atoms with Crippen LogP contribution in [0.15, 0.2) is 35.7 Å². The van der Waals surface area contributed by atoms with Gasteiger partial charge in [-0.15, -0.1) is 11.3 Å². The Morgan fingerprint density at radius 1 is 1.42 bits per heavy atom. The Balaban J connectivity index is 1.60. The number of thiazole rings is 1. The summed E-state index contributed by atoms with van der Waals surface area (Å²) in [4.78, 5) is 18.8. The average Bonchev–Trinajstić information content (AvgIpc) is 3.05. The third-order valence-corrected chi connectivity index (χ3v) is 5.72. The van der Waals surface area contributed by atoms with Crippen molar-refractivity contribution in [3.05, 3.63) is 57.6 Å². The molecule has 1 saturated heterocycles. The summed E-state index contributed by atoms with van der Waals surface area (Å²) < 4.78 is 5.72. The van der Waals surface area contributed by atoms with Gasteiger partial charge in [0.05, 0.1) is 16.8 Å². The summed E-state index contributed by atoms with van der Waals surface area (Å²) in [5.74, 6) is 0.475. The number of rotatable bonds is 5. The standard InChI is InChI=1S/C21H26N2O2S/c1-15-5-4-6-17(11-15)12-18-9-10-23(13-20(18)25-3)21(24)8-7-19-14-26-16(2)22-19/h4-8,11,14,18,20H,9-10,12-13H2,1-3H3/b8-7+/t18-,20+/m1/s1. The number of hydrogen-bond donors (Lipinski definition) is 0. The van der Waals surface area contributed by atoms with Crippen LogP contribution in [-0.4, -0.2) is 42.1 Å². The zero-order chi connectivity index (χ0) is 18.5. The number of carbonyl (C=O) groups excluding carboxylic acids is 1. The summed E-state index contributed by atoms with van der Waals surface area (Å²) in [7, 11) is 1.75. The van der Waals surface area contributed by atoms with Crippen molar-refractivity contribution in [1.82, 2.24) is 9.88 Å². The van der Waals surface area contributed by atoms with E-state index in [1.54, 1.807) is 30.6 Å². The third kappa shape index (κ3) is 4.80. The first-order valence-corrected chi connectivity index (χ1v) is 9.90. The summed E-state index contributed by atoms with van der Waals surface area (Å²) in [5, 5.41) is 2.97. The first-order valence-electron chi connectivity index (χ1n) is 9.02. The van der Waals surface area contributed by atoms with Crippen LogP contribution in [0.1, 0.15) is 28.2 Å². The van der Waals surface area contributed by atoms with Crippen LogP contribution in [0.25, 0.3) is 6.08 Å². The molecule has 5 heteroatoms. The second kappa shape index (κ2) is 8.60. The molecule has 1 aliphatic heterocycles. The molecule has 2 heterocycles. The molecule has 1 aromatic heterocycles. The highest BCUT2D eigenvalue weighted by molar-refractivity contribution is 7.09. The van der Waals surface area contributed by atoms with Crippen molar-refractivity contribution in [2.75, 3.05) is 20.2 Å². The predicted molar refractivity (Wildman–Crippen MR) is 106 cm³/mol. The van der Waals surface area contributed by atoms with Crippen molar-refractivity contribution < 1.29 is 9.53 Å². The molecule has 2 aromatic rings. The minimum atomic E-state index is 0.0340. The molecule has 138 valence electrons. The highest BCUT2D eigenvalue weighted by Crippen LogP contribution is 2.25. The van der Waals surface area contributed by atoms with Crippen LogP contribution >= 0.6 is 11.3 Å². The van der Waals surface area contributed by atoms with E-state index in [2.05, 4.69) is 36.2 Å². The van der Waals surface area contributed by atoms with Gasteiger partial charge in [-0.25, -0.2) is 4.98 Å². The molecular formula is C21H26N2O2S. The quantitative estimate of drug-likeness (QED) is 0.750. The van der Waals surface area contributed by atoms with E-state index in [1.165, 1.54) is 11.1 Å². The largest absolute Gasteiger partial charge is 0.379 e. The van der Waals surface area contributed by atoms with Gasteiger partial charge in [0.1, 0.15) is 0 Å². The molecule has 1 fully saturated rings. The maximum atomic E-state index is 12.5. The number of amides is 1. The number of hydrogen-bond acceptors (Lipinski definition) is 4. The molecule has 0 N–H and O–H groups in total. The van der Waals surface area contributed by atoms with Crippen molar-refractivity contribution in [2.45, 2.75) is 32.8 Å². The molecule has 1 aromatic carbocycles. The first-order chi connectivity index (χ1) is 12.5. The van der Waals surface area contributed by atoms with Crippen LogP contribution in [0.3, 0.4) is 0 Å².